The number of benzene rings is 3. The van der Waals surface area contributed by atoms with Crippen molar-refractivity contribution in [1.82, 2.24) is 0 Å². The van der Waals surface area contributed by atoms with E-state index in [2.05, 4.69) is 10.8 Å². The molecule has 0 aromatic heterocycles. The molecule has 0 amide bonds. The molecule has 3 rings (SSSR count). The van der Waals surface area contributed by atoms with Crippen LogP contribution in [-0.2, 0) is 16.1 Å². The van der Waals surface area contributed by atoms with Crippen LogP contribution >= 0.6 is 0 Å². The Hall–Kier alpha value is -3.91. The zero-order valence-electron chi connectivity index (χ0n) is 15.2. The fourth-order valence-corrected chi connectivity index (χ4v) is 2.79. The first kappa shape index (κ1) is 18.9. The van der Waals surface area contributed by atoms with Crippen LogP contribution in [0.3, 0.4) is 0 Å². The third-order valence-electron chi connectivity index (χ3n) is 4.23. The van der Waals surface area contributed by atoms with E-state index in [1.165, 1.54) is 7.11 Å². The Labute approximate surface area is 162 Å². The number of hydrogen-bond acceptors (Lipinski definition) is 5. The molecule has 0 spiro atoms. The monoisotopic (exact) mass is 371 g/mol. The van der Waals surface area contributed by atoms with Crippen molar-refractivity contribution in [2.45, 2.75) is 6.61 Å². The lowest BCUT2D eigenvalue weighted by Gasteiger charge is -2.11. The van der Waals surface area contributed by atoms with Gasteiger partial charge in [-0.05, 0) is 35.4 Å². The van der Waals surface area contributed by atoms with Crippen LogP contribution in [0.15, 0.2) is 72.8 Å². The topological polar surface area (TPSA) is 76.4 Å². The van der Waals surface area contributed by atoms with E-state index in [1.54, 1.807) is 60.7 Å². The summed E-state index contributed by atoms with van der Waals surface area (Å²) in [4.78, 5) is 24.1. The molecule has 0 unspecified atom stereocenters. The van der Waals surface area contributed by atoms with E-state index in [0.717, 1.165) is 5.56 Å². The first-order valence-electron chi connectivity index (χ1n) is 8.57. The summed E-state index contributed by atoms with van der Waals surface area (Å²) < 4.78 is 10.1. The SMILES string of the molecule is COC(=O)c1ccc(COC(=O)c2ccccc2-c2ccccc2C#N)cc1. The largest absolute Gasteiger partial charge is 0.465 e. The molecule has 0 aliphatic heterocycles. The molecule has 3 aromatic carbocycles. The van der Waals surface area contributed by atoms with Crippen molar-refractivity contribution in [2.24, 2.45) is 0 Å². The minimum atomic E-state index is -0.486. The number of rotatable bonds is 5. The van der Waals surface area contributed by atoms with Crippen molar-refractivity contribution in [1.29, 1.82) is 5.26 Å². The molecule has 0 heterocycles. The maximum Gasteiger partial charge on any atom is 0.339 e. The lowest BCUT2D eigenvalue weighted by molar-refractivity contribution is 0.0472. The minimum absolute atomic E-state index is 0.0640. The average Bonchev–Trinajstić information content (AvgIpc) is 2.77. The lowest BCUT2D eigenvalue weighted by Crippen LogP contribution is -2.07. The molecule has 28 heavy (non-hydrogen) atoms. The molecule has 0 aliphatic carbocycles. The number of nitriles is 1. The maximum absolute atomic E-state index is 12.7. The minimum Gasteiger partial charge on any atom is -0.465 e. The Morgan fingerprint density at radius 1 is 0.857 bits per heavy atom. The van der Waals surface area contributed by atoms with E-state index in [1.807, 2.05) is 12.1 Å². The van der Waals surface area contributed by atoms with Gasteiger partial charge in [0.15, 0.2) is 0 Å². The van der Waals surface area contributed by atoms with Gasteiger partial charge in [-0.1, -0.05) is 48.5 Å². The van der Waals surface area contributed by atoms with E-state index in [-0.39, 0.29) is 6.61 Å². The van der Waals surface area contributed by atoms with E-state index in [0.29, 0.717) is 27.8 Å². The summed E-state index contributed by atoms with van der Waals surface area (Å²) in [6.07, 6.45) is 0. The fraction of sp³-hybridized carbons (Fsp3) is 0.0870. The van der Waals surface area contributed by atoms with Crippen LogP contribution in [0.25, 0.3) is 11.1 Å². The van der Waals surface area contributed by atoms with Crippen LogP contribution in [0.5, 0.6) is 0 Å². The predicted octanol–water partition coefficient (Wildman–Crippen LogP) is 4.37. The fourth-order valence-electron chi connectivity index (χ4n) is 2.79. The Morgan fingerprint density at radius 2 is 1.50 bits per heavy atom. The first-order valence-corrected chi connectivity index (χ1v) is 8.57. The van der Waals surface area contributed by atoms with Gasteiger partial charge in [0.25, 0.3) is 0 Å². The highest BCUT2D eigenvalue weighted by atomic mass is 16.5. The van der Waals surface area contributed by atoms with Crippen LogP contribution in [0.4, 0.5) is 0 Å². The number of methoxy groups -OCH3 is 1. The summed E-state index contributed by atoms with van der Waals surface area (Å²) in [6.45, 7) is 0.0640. The molecule has 0 saturated heterocycles. The Morgan fingerprint density at radius 3 is 2.18 bits per heavy atom. The van der Waals surface area contributed by atoms with Gasteiger partial charge in [0.05, 0.1) is 29.9 Å². The smallest absolute Gasteiger partial charge is 0.339 e. The van der Waals surface area contributed by atoms with Gasteiger partial charge in [0.2, 0.25) is 0 Å². The average molecular weight is 371 g/mol. The molecule has 0 radical (unpaired) electrons. The highest BCUT2D eigenvalue weighted by molar-refractivity contribution is 5.98. The number of hydrogen-bond donors (Lipinski definition) is 0. The number of nitrogens with zero attached hydrogens (tertiary/aromatic N) is 1. The summed E-state index contributed by atoms with van der Waals surface area (Å²) in [5, 5.41) is 9.34. The van der Waals surface area contributed by atoms with Crippen molar-refractivity contribution in [3.63, 3.8) is 0 Å². The summed E-state index contributed by atoms with van der Waals surface area (Å²) >= 11 is 0. The van der Waals surface area contributed by atoms with E-state index in [9.17, 15) is 14.9 Å². The number of esters is 2. The van der Waals surface area contributed by atoms with Gasteiger partial charge >= 0.3 is 11.9 Å². The molecule has 0 fully saturated rings. The lowest BCUT2D eigenvalue weighted by atomic mass is 9.96. The number of carbonyl (C=O) groups is 2. The summed E-state index contributed by atoms with van der Waals surface area (Å²) in [6, 6.07) is 22.9. The van der Waals surface area contributed by atoms with Crippen LogP contribution < -0.4 is 0 Å². The summed E-state index contributed by atoms with van der Waals surface area (Å²) in [5.74, 6) is -0.908. The van der Waals surface area contributed by atoms with Crippen molar-refractivity contribution in [3.05, 3.63) is 95.1 Å². The van der Waals surface area contributed by atoms with Crippen LogP contribution in [0.2, 0.25) is 0 Å². The van der Waals surface area contributed by atoms with Crippen molar-refractivity contribution in [2.75, 3.05) is 7.11 Å². The molecule has 0 bridgehead atoms. The molecule has 0 N–H and O–H groups in total. The predicted molar refractivity (Wildman–Crippen MR) is 103 cm³/mol. The molecular weight excluding hydrogens is 354 g/mol. The van der Waals surface area contributed by atoms with Gasteiger partial charge in [-0.3, -0.25) is 0 Å². The van der Waals surface area contributed by atoms with Gasteiger partial charge in [-0.2, -0.15) is 5.26 Å². The summed E-state index contributed by atoms with van der Waals surface area (Å²) in [5.41, 5.74) is 3.37. The van der Waals surface area contributed by atoms with Crippen molar-refractivity contribution < 1.29 is 19.1 Å². The quantitative estimate of drug-likeness (QED) is 0.623. The molecule has 138 valence electrons. The molecular formula is C23H17NO4. The second kappa shape index (κ2) is 8.65. The highest BCUT2D eigenvalue weighted by Gasteiger charge is 2.16. The van der Waals surface area contributed by atoms with E-state index >= 15 is 0 Å². The maximum atomic E-state index is 12.7. The van der Waals surface area contributed by atoms with Gasteiger partial charge in [-0.25, -0.2) is 9.59 Å². The first-order chi connectivity index (χ1) is 13.6. The Balaban J connectivity index is 1.79. The molecule has 5 heteroatoms. The molecule has 0 atom stereocenters. The van der Waals surface area contributed by atoms with Gasteiger partial charge in [-0.15, -0.1) is 0 Å². The standard InChI is InChI=1S/C23H17NO4/c1-27-22(25)17-12-10-16(11-13-17)15-28-23(26)21-9-5-4-8-20(21)19-7-3-2-6-18(19)14-24/h2-13H,15H2,1H3. The van der Waals surface area contributed by atoms with Crippen molar-refractivity contribution in [3.8, 4) is 17.2 Å². The van der Waals surface area contributed by atoms with Crippen LogP contribution in [0.1, 0.15) is 31.8 Å². The second-order valence-electron chi connectivity index (χ2n) is 5.97. The molecule has 5 nitrogen and oxygen atoms in total. The van der Waals surface area contributed by atoms with E-state index in [4.69, 9.17) is 4.74 Å². The zero-order chi connectivity index (χ0) is 19.9. The molecule has 0 aliphatic rings. The third kappa shape index (κ3) is 4.08. The van der Waals surface area contributed by atoms with Crippen molar-refractivity contribution >= 4 is 11.9 Å². The normalized spacial score (nSPS) is 10.0. The van der Waals surface area contributed by atoms with Crippen LogP contribution in [-0.4, -0.2) is 19.0 Å². The number of ether oxygens (including phenoxy) is 2. The zero-order valence-corrected chi connectivity index (χ0v) is 15.2. The van der Waals surface area contributed by atoms with Gasteiger partial charge in [0, 0.05) is 5.56 Å². The van der Waals surface area contributed by atoms with Crippen LogP contribution in [0, 0.1) is 11.3 Å². The highest BCUT2D eigenvalue weighted by Crippen LogP contribution is 2.27. The number of carbonyl (C=O) groups excluding carboxylic acids is 2. The van der Waals surface area contributed by atoms with E-state index < -0.39 is 11.9 Å². The summed E-state index contributed by atoms with van der Waals surface area (Å²) in [7, 11) is 1.32. The third-order valence-corrected chi connectivity index (χ3v) is 4.23. The molecule has 0 saturated carbocycles. The second-order valence-corrected chi connectivity index (χ2v) is 5.97. The molecule has 3 aromatic rings. The Bertz CT molecular complexity index is 1050. The van der Waals surface area contributed by atoms with Gasteiger partial charge < -0.3 is 9.47 Å². The van der Waals surface area contributed by atoms with Gasteiger partial charge in [0.1, 0.15) is 6.61 Å². The Kier molecular flexibility index (Phi) is 5.83.